The van der Waals surface area contributed by atoms with E-state index in [4.69, 9.17) is 16.3 Å². The summed E-state index contributed by atoms with van der Waals surface area (Å²) in [5.41, 5.74) is 1.66. The zero-order valence-electron chi connectivity index (χ0n) is 12.1. The molecule has 20 heavy (non-hydrogen) atoms. The van der Waals surface area contributed by atoms with Gasteiger partial charge in [0.15, 0.2) is 0 Å². The zero-order valence-corrected chi connectivity index (χ0v) is 12.8. The van der Waals surface area contributed by atoms with E-state index < -0.39 is 0 Å². The molecule has 0 atom stereocenters. The number of benzene rings is 1. The van der Waals surface area contributed by atoms with E-state index in [1.807, 2.05) is 25.2 Å². The molecule has 2 rings (SSSR count). The molecular formula is C15H18ClN3O. The molecule has 0 spiro atoms. The minimum absolute atomic E-state index is 0.243. The van der Waals surface area contributed by atoms with Crippen LogP contribution in [0.1, 0.15) is 25.6 Å². The van der Waals surface area contributed by atoms with Crippen LogP contribution in [-0.4, -0.2) is 24.1 Å². The summed E-state index contributed by atoms with van der Waals surface area (Å²) in [4.78, 5) is 9.07. The van der Waals surface area contributed by atoms with Gasteiger partial charge in [0.2, 0.25) is 0 Å². The lowest BCUT2D eigenvalue weighted by atomic mass is 10.1. The van der Waals surface area contributed by atoms with Crippen molar-refractivity contribution >= 4 is 17.4 Å². The molecule has 0 saturated heterocycles. The summed E-state index contributed by atoms with van der Waals surface area (Å²) in [5.74, 6) is 2.55. The second-order valence-electron chi connectivity index (χ2n) is 4.75. The Morgan fingerprint density at radius 1 is 1.20 bits per heavy atom. The number of anilines is 1. The Hall–Kier alpha value is -1.81. The molecule has 1 N–H and O–H groups in total. The normalized spacial score (nSPS) is 10.7. The zero-order chi connectivity index (χ0) is 14.7. The Bertz CT molecular complexity index is 614. The number of aromatic nitrogens is 2. The van der Waals surface area contributed by atoms with Gasteiger partial charge in [-0.2, -0.15) is 0 Å². The van der Waals surface area contributed by atoms with Crippen LogP contribution in [0, 0.1) is 0 Å². The van der Waals surface area contributed by atoms with Crippen LogP contribution in [0.3, 0.4) is 0 Å². The van der Waals surface area contributed by atoms with Crippen LogP contribution in [-0.2, 0) is 0 Å². The Kier molecular flexibility index (Phi) is 4.45. The lowest BCUT2D eigenvalue weighted by molar-refractivity contribution is 0.416. The number of methoxy groups -OCH3 is 1. The van der Waals surface area contributed by atoms with Crippen LogP contribution in [0.4, 0.5) is 5.82 Å². The van der Waals surface area contributed by atoms with Crippen LogP contribution in [0.5, 0.6) is 5.75 Å². The summed E-state index contributed by atoms with van der Waals surface area (Å²) in [6, 6.07) is 7.38. The monoisotopic (exact) mass is 291 g/mol. The smallest absolute Gasteiger partial charge is 0.133 e. The molecule has 0 aliphatic rings. The fourth-order valence-electron chi connectivity index (χ4n) is 1.87. The number of hydrogen-bond donors (Lipinski definition) is 1. The summed E-state index contributed by atoms with van der Waals surface area (Å²) in [6.07, 6.45) is 0. The quantitative estimate of drug-likeness (QED) is 0.926. The lowest BCUT2D eigenvalue weighted by Crippen LogP contribution is -2.03. The van der Waals surface area contributed by atoms with Gasteiger partial charge in [-0.1, -0.05) is 25.4 Å². The average molecular weight is 292 g/mol. The number of nitrogens with one attached hydrogen (secondary N) is 1. The van der Waals surface area contributed by atoms with E-state index in [1.165, 1.54) is 0 Å². The summed E-state index contributed by atoms with van der Waals surface area (Å²) in [7, 11) is 3.47. The maximum atomic E-state index is 6.09. The molecule has 5 heteroatoms. The van der Waals surface area contributed by atoms with E-state index in [0.717, 1.165) is 28.6 Å². The first-order chi connectivity index (χ1) is 9.55. The third-order valence-corrected chi connectivity index (χ3v) is 3.19. The first kappa shape index (κ1) is 14.6. The molecule has 0 amide bonds. The maximum Gasteiger partial charge on any atom is 0.133 e. The standard InChI is InChI=1S/C15H18ClN3O/c1-9(2)15-18-12(8-14(17-3)19-15)11-7-10(16)5-6-13(11)20-4/h5-9H,1-4H3,(H,17,18,19). The number of ether oxygens (including phenoxy) is 1. The molecule has 106 valence electrons. The molecule has 1 aromatic heterocycles. The number of nitrogens with zero attached hydrogens (tertiary/aromatic N) is 2. The predicted molar refractivity (Wildman–Crippen MR) is 82.7 cm³/mol. The fourth-order valence-corrected chi connectivity index (χ4v) is 2.04. The van der Waals surface area contributed by atoms with Crippen LogP contribution >= 0.6 is 11.6 Å². The maximum absolute atomic E-state index is 6.09. The van der Waals surface area contributed by atoms with Gasteiger partial charge in [0.05, 0.1) is 12.8 Å². The largest absolute Gasteiger partial charge is 0.496 e. The summed E-state index contributed by atoms with van der Waals surface area (Å²) < 4.78 is 5.39. The molecule has 4 nitrogen and oxygen atoms in total. The number of rotatable bonds is 4. The molecule has 2 aromatic rings. The van der Waals surface area contributed by atoms with Crippen molar-refractivity contribution in [3.05, 3.63) is 35.1 Å². The van der Waals surface area contributed by atoms with Crippen LogP contribution < -0.4 is 10.1 Å². The van der Waals surface area contributed by atoms with Gasteiger partial charge in [0, 0.05) is 29.6 Å². The van der Waals surface area contributed by atoms with E-state index in [-0.39, 0.29) is 5.92 Å². The molecule has 0 radical (unpaired) electrons. The SMILES string of the molecule is CNc1cc(-c2cc(Cl)ccc2OC)nc(C(C)C)n1. The van der Waals surface area contributed by atoms with E-state index in [1.54, 1.807) is 13.2 Å². The second-order valence-corrected chi connectivity index (χ2v) is 5.18. The van der Waals surface area contributed by atoms with Crippen molar-refractivity contribution in [2.45, 2.75) is 19.8 Å². The van der Waals surface area contributed by atoms with Crippen molar-refractivity contribution in [2.75, 3.05) is 19.5 Å². The van der Waals surface area contributed by atoms with Crippen LogP contribution in [0.25, 0.3) is 11.3 Å². The number of hydrogen-bond acceptors (Lipinski definition) is 4. The van der Waals surface area contributed by atoms with Crippen molar-refractivity contribution in [2.24, 2.45) is 0 Å². The van der Waals surface area contributed by atoms with Gasteiger partial charge in [-0.25, -0.2) is 9.97 Å². The van der Waals surface area contributed by atoms with Gasteiger partial charge >= 0.3 is 0 Å². The minimum Gasteiger partial charge on any atom is -0.496 e. The highest BCUT2D eigenvalue weighted by Crippen LogP contribution is 2.32. The highest BCUT2D eigenvalue weighted by Gasteiger charge is 2.13. The molecule has 0 bridgehead atoms. The Morgan fingerprint density at radius 3 is 2.55 bits per heavy atom. The van der Waals surface area contributed by atoms with E-state index in [9.17, 15) is 0 Å². The van der Waals surface area contributed by atoms with Crippen LogP contribution in [0.2, 0.25) is 5.02 Å². The van der Waals surface area contributed by atoms with Crippen molar-refractivity contribution < 1.29 is 4.74 Å². The van der Waals surface area contributed by atoms with Gasteiger partial charge in [0.25, 0.3) is 0 Å². The third-order valence-electron chi connectivity index (χ3n) is 2.95. The molecule has 0 aliphatic heterocycles. The van der Waals surface area contributed by atoms with Gasteiger partial charge in [-0.05, 0) is 18.2 Å². The van der Waals surface area contributed by atoms with E-state index in [2.05, 4.69) is 29.1 Å². The second kappa shape index (κ2) is 6.09. The summed E-state index contributed by atoms with van der Waals surface area (Å²) >= 11 is 6.09. The summed E-state index contributed by atoms with van der Waals surface area (Å²) in [6.45, 7) is 4.13. The number of halogens is 1. The lowest BCUT2D eigenvalue weighted by Gasteiger charge is -2.12. The first-order valence-electron chi connectivity index (χ1n) is 6.45. The van der Waals surface area contributed by atoms with E-state index >= 15 is 0 Å². The molecule has 0 unspecified atom stereocenters. The minimum atomic E-state index is 0.243. The molecule has 1 heterocycles. The van der Waals surface area contributed by atoms with Gasteiger partial charge in [-0.3, -0.25) is 0 Å². The molecule has 0 aliphatic carbocycles. The Labute approximate surface area is 124 Å². The molecule has 0 fully saturated rings. The average Bonchev–Trinajstić information content (AvgIpc) is 2.46. The molecule has 1 aromatic carbocycles. The predicted octanol–water partition coefficient (Wildman–Crippen LogP) is 3.97. The fraction of sp³-hybridized carbons (Fsp3) is 0.333. The topological polar surface area (TPSA) is 47.0 Å². The van der Waals surface area contributed by atoms with Gasteiger partial charge in [0.1, 0.15) is 17.4 Å². The van der Waals surface area contributed by atoms with Crippen LogP contribution in [0.15, 0.2) is 24.3 Å². The molecule has 0 saturated carbocycles. The Morgan fingerprint density at radius 2 is 1.95 bits per heavy atom. The highest BCUT2D eigenvalue weighted by molar-refractivity contribution is 6.30. The third kappa shape index (κ3) is 3.02. The van der Waals surface area contributed by atoms with Crippen molar-refractivity contribution in [3.8, 4) is 17.0 Å². The van der Waals surface area contributed by atoms with Gasteiger partial charge < -0.3 is 10.1 Å². The van der Waals surface area contributed by atoms with Crippen molar-refractivity contribution in [1.29, 1.82) is 0 Å². The first-order valence-corrected chi connectivity index (χ1v) is 6.83. The molecular weight excluding hydrogens is 274 g/mol. The van der Waals surface area contributed by atoms with Gasteiger partial charge in [-0.15, -0.1) is 0 Å². The summed E-state index contributed by atoms with van der Waals surface area (Å²) in [5, 5.41) is 3.71. The van der Waals surface area contributed by atoms with Crippen molar-refractivity contribution in [1.82, 2.24) is 9.97 Å². The van der Waals surface area contributed by atoms with E-state index in [0.29, 0.717) is 5.02 Å². The highest BCUT2D eigenvalue weighted by atomic mass is 35.5. The Balaban J connectivity index is 2.62. The van der Waals surface area contributed by atoms with Crippen molar-refractivity contribution in [3.63, 3.8) is 0 Å².